The minimum atomic E-state index is -3.68. The summed E-state index contributed by atoms with van der Waals surface area (Å²) < 4.78 is 37.6. The Balaban J connectivity index is 1.61. The van der Waals surface area contributed by atoms with Crippen molar-refractivity contribution in [3.05, 3.63) is 87.6 Å². The van der Waals surface area contributed by atoms with Crippen LogP contribution in [-0.2, 0) is 10.0 Å². The van der Waals surface area contributed by atoms with E-state index in [0.717, 1.165) is 11.3 Å². The molecule has 0 atom stereocenters. The van der Waals surface area contributed by atoms with E-state index in [9.17, 15) is 18.0 Å². The van der Waals surface area contributed by atoms with Crippen molar-refractivity contribution < 1.29 is 22.4 Å². The Morgan fingerprint density at radius 1 is 1.07 bits per heavy atom. The molecule has 2 aromatic carbocycles. The van der Waals surface area contributed by atoms with Crippen LogP contribution in [0.15, 0.2) is 79.5 Å². The summed E-state index contributed by atoms with van der Waals surface area (Å²) in [4.78, 5) is 25.1. The number of hydrogen-bond acceptors (Lipinski definition) is 7. The van der Waals surface area contributed by atoms with Crippen LogP contribution in [0.2, 0.25) is 0 Å². The van der Waals surface area contributed by atoms with Gasteiger partial charge in [-0.1, -0.05) is 6.07 Å². The van der Waals surface area contributed by atoms with E-state index in [4.69, 9.17) is 9.15 Å². The summed E-state index contributed by atoms with van der Waals surface area (Å²) in [6.07, 6.45) is 0. The van der Waals surface area contributed by atoms with Crippen LogP contribution in [0.5, 0.6) is 5.75 Å². The zero-order valence-corrected chi connectivity index (χ0v) is 17.2. The van der Waals surface area contributed by atoms with Crippen molar-refractivity contribution in [2.24, 2.45) is 0 Å². The molecule has 0 aliphatic heterocycles. The van der Waals surface area contributed by atoms with Crippen LogP contribution in [0.25, 0.3) is 11.0 Å². The van der Waals surface area contributed by atoms with Crippen LogP contribution >= 0.6 is 11.3 Å². The monoisotopic (exact) mass is 441 g/mol. The first-order valence-electron chi connectivity index (χ1n) is 8.70. The minimum absolute atomic E-state index is 0.111. The van der Waals surface area contributed by atoms with E-state index in [1.807, 2.05) is 0 Å². The quantitative estimate of drug-likeness (QED) is 0.360. The van der Waals surface area contributed by atoms with Crippen LogP contribution < -0.4 is 15.1 Å². The summed E-state index contributed by atoms with van der Waals surface area (Å²) in [6, 6.07) is 15.4. The highest BCUT2D eigenvalue weighted by atomic mass is 32.2. The SMILES string of the molecule is COc1ccc2cc(C(=O)c3ccc(NS(=O)(=O)c4cccs4)cc3)c(=O)oc2c1. The number of rotatable bonds is 6. The molecule has 0 aliphatic carbocycles. The van der Waals surface area contributed by atoms with E-state index in [2.05, 4.69) is 4.72 Å². The van der Waals surface area contributed by atoms with Gasteiger partial charge in [0.15, 0.2) is 5.78 Å². The van der Waals surface area contributed by atoms with Crippen LogP contribution in [-0.4, -0.2) is 21.3 Å². The summed E-state index contributed by atoms with van der Waals surface area (Å²) in [5.41, 5.74) is -0.0242. The number of ketones is 1. The number of benzene rings is 2. The molecule has 0 aliphatic rings. The maximum Gasteiger partial charge on any atom is 0.347 e. The Labute approximate surface area is 175 Å². The van der Waals surface area contributed by atoms with Gasteiger partial charge in [-0.15, -0.1) is 11.3 Å². The molecule has 0 radical (unpaired) electrons. The molecule has 0 bridgehead atoms. The second-order valence-corrected chi connectivity index (χ2v) is 9.15. The molecular formula is C21H15NO6S2. The average molecular weight is 441 g/mol. The Hall–Kier alpha value is -3.43. The molecule has 9 heteroatoms. The van der Waals surface area contributed by atoms with Crippen molar-refractivity contribution in [1.29, 1.82) is 0 Å². The molecule has 4 rings (SSSR count). The minimum Gasteiger partial charge on any atom is -0.497 e. The standard InChI is InChI=1S/C21H15NO6S2/c1-27-16-9-6-14-11-17(21(24)28-18(14)12-16)20(23)13-4-7-15(8-5-13)22-30(25,26)19-3-2-10-29-19/h2-12,22H,1H3. The fourth-order valence-electron chi connectivity index (χ4n) is 2.84. The van der Waals surface area contributed by atoms with Crippen LogP contribution in [0, 0.1) is 0 Å². The van der Waals surface area contributed by atoms with Gasteiger partial charge in [0, 0.05) is 22.7 Å². The van der Waals surface area contributed by atoms with Crippen molar-refractivity contribution >= 4 is 43.8 Å². The lowest BCUT2D eigenvalue weighted by atomic mass is 10.0. The predicted molar refractivity (Wildman–Crippen MR) is 114 cm³/mol. The molecule has 1 N–H and O–H groups in total. The molecule has 0 unspecified atom stereocenters. The van der Waals surface area contributed by atoms with Crippen molar-refractivity contribution in [3.8, 4) is 5.75 Å². The molecule has 152 valence electrons. The highest BCUT2D eigenvalue weighted by Crippen LogP contribution is 2.23. The van der Waals surface area contributed by atoms with Crippen molar-refractivity contribution in [3.63, 3.8) is 0 Å². The summed E-state index contributed by atoms with van der Waals surface area (Å²) in [5.74, 6) is 0.0134. The lowest BCUT2D eigenvalue weighted by Gasteiger charge is -2.07. The fraction of sp³-hybridized carbons (Fsp3) is 0.0476. The van der Waals surface area contributed by atoms with Gasteiger partial charge >= 0.3 is 5.63 Å². The van der Waals surface area contributed by atoms with Crippen LogP contribution in [0.1, 0.15) is 15.9 Å². The zero-order chi connectivity index (χ0) is 21.3. The van der Waals surface area contributed by atoms with E-state index in [1.54, 1.807) is 29.6 Å². The smallest absolute Gasteiger partial charge is 0.347 e. The molecule has 0 amide bonds. The zero-order valence-electron chi connectivity index (χ0n) is 15.6. The Kier molecular flexibility index (Phi) is 5.15. The van der Waals surface area contributed by atoms with E-state index in [-0.39, 0.29) is 15.3 Å². The van der Waals surface area contributed by atoms with Gasteiger partial charge in [-0.3, -0.25) is 9.52 Å². The molecule has 2 aromatic heterocycles. The molecule has 30 heavy (non-hydrogen) atoms. The molecule has 0 saturated heterocycles. The summed E-state index contributed by atoms with van der Waals surface area (Å²) in [5, 5.41) is 2.25. The molecular weight excluding hydrogens is 426 g/mol. The van der Waals surface area contributed by atoms with E-state index in [1.165, 1.54) is 43.5 Å². The van der Waals surface area contributed by atoms with Crippen LogP contribution in [0.3, 0.4) is 0 Å². The molecule has 0 saturated carbocycles. The van der Waals surface area contributed by atoms with E-state index >= 15 is 0 Å². The lowest BCUT2D eigenvalue weighted by molar-refractivity contribution is 0.103. The van der Waals surface area contributed by atoms with Gasteiger partial charge in [0.1, 0.15) is 21.1 Å². The third kappa shape index (κ3) is 3.85. The number of carbonyl (C=O) groups excluding carboxylic acids is 1. The Morgan fingerprint density at radius 3 is 2.50 bits per heavy atom. The van der Waals surface area contributed by atoms with Crippen LogP contribution in [0.4, 0.5) is 5.69 Å². The van der Waals surface area contributed by atoms with Gasteiger partial charge in [0.05, 0.1) is 7.11 Å². The number of anilines is 1. The fourth-order valence-corrected chi connectivity index (χ4v) is 4.90. The number of sulfonamides is 1. The predicted octanol–water partition coefficient (Wildman–Crippen LogP) is 3.89. The number of hydrogen-bond donors (Lipinski definition) is 1. The number of nitrogens with one attached hydrogen (secondary N) is 1. The van der Waals surface area contributed by atoms with E-state index in [0.29, 0.717) is 22.4 Å². The molecule has 7 nitrogen and oxygen atoms in total. The van der Waals surface area contributed by atoms with Gasteiger partial charge in [-0.2, -0.15) is 0 Å². The summed E-state index contributed by atoms with van der Waals surface area (Å²) in [6.45, 7) is 0. The number of ether oxygens (including phenoxy) is 1. The van der Waals surface area contributed by atoms with Gasteiger partial charge in [0.25, 0.3) is 10.0 Å². The topological polar surface area (TPSA) is 103 Å². The largest absolute Gasteiger partial charge is 0.497 e. The van der Waals surface area contributed by atoms with Crippen molar-refractivity contribution in [2.45, 2.75) is 4.21 Å². The van der Waals surface area contributed by atoms with Gasteiger partial charge < -0.3 is 9.15 Å². The second kappa shape index (κ2) is 7.77. The third-order valence-corrected chi connectivity index (χ3v) is 7.13. The first kappa shape index (κ1) is 19.9. The molecule has 0 spiro atoms. The summed E-state index contributed by atoms with van der Waals surface area (Å²) in [7, 11) is -2.18. The number of methoxy groups -OCH3 is 1. The first-order valence-corrected chi connectivity index (χ1v) is 11.1. The van der Waals surface area contributed by atoms with Gasteiger partial charge in [-0.05, 0) is 53.9 Å². The average Bonchev–Trinajstić information content (AvgIpc) is 3.29. The molecule has 2 heterocycles. The lowest BCUT2D eigenvalue weighted by Crippen LogP contribution is -2.15. The number of thiophene rings is 1. The molecule has 4 aromatic rings. The Bertz CT molecular complexity index is 1390. The van der Waals surface area contributed by atoms with Gasteiger partial charge in [-0.25, -0.2) is 13.2 Å². The van der Waals surface area contributed by atoms with Gasteiger partial charge in [0.2, 0.25) is 0 Å². The van der Waals surface area contributed by atoms with Crippen molar-refractivity contribution in [2.75, 3.05) is 11.8 Å². The van der Waals surface area contributed by atoms with E-state index < -0.39 is 21.4 Å². The van der Waals surface area contributed by atoms with Crippen molar-refractivity contribution in [1.82, 2.24) is 0 Å². The Morgan fingerprint density at radius 2 is 1.83 bits per heavy atom. The summed E-state index contributed by atoms with van der Waals surface area (Å²) >= 11 is 1.10. The maximum absolute atomic E-state index is 12.8. The normalized spacial score (nSPS) is 11.4. The molecule has 0 fully saturated rings. The maximum atomic E-state index is 12.8. The highest BCUT2D eigenvalue weighted by Gasteiger charge is 2.18. The second-order valence-electron chi connectivity index (χ2n) is 6.30. The number of fused-ring (bicyclic) bond motifs is 1. The highest BCUT2D eigenvalue weighted by molar-refractivity contribution is 7.94. The number of carbonyl (C=O) groups is 1. The first-order chi connectivity index (χ1) is 14.4. The third-order valence-electron chi connectivity index (χ3n) is 4.35.